The van der Waals surface area contributed by atoms with Crippen LogP contribution >= 0.6 is 0 Å². The number of hydrogen-bond acceptors (Lipinski definition) is 5. The van der Waals surface area contributed by atoms with E-state index < -0.39 is 17.9 Å². The molecule has 0 aliphatic carbocycles. The van der Waals surface area contributed by atoms with Gasteiger partial charge in [-0.1, -0.05) is 0 Å². The molecule has 0 aliphatic heterocycles. The third kappa shape index (κ3) is 4.15. The maximum atomic E-state index is 11.6. The normalized spacial score (nSPS) is 11.7. The highest BCUT2D eigenvalue weighted by Gasteiger charge is 2.17. The van der Waals surface area contributed by atoms with Crippen molar-refractivity contribution in [3.63, 3.8) is 0 Å². The van der Waals surface area contributed by atoms with Crippen LogP contribution in [-0.2, 0) is 9.59 Å². The Balaban J connectivity index is 1.82. The van der Waals surface area contributed by atoms with Crippen molar-refractivity contribution >= 4 is 17.5 Å². The van der Waals surface area contributed by atoms with Gasteiger partial charge in [-0.3, -0.25) is 14.6 Å². The molecule has 21 heavy (non-hydrogen) atoms. The van der Waals surface area contributed by atoms with Gasteiger partial charge in [0.1, 0.15) is 17.6 Å². The van der Waals surface area contributed by atoms with E-state index in [-0.39, 0.29) is 6.54 Å². The Morgan fingerprint density at radius 1 is 1.33 bits per heavy atom. The van der Waals surface area contributed by atoms with Crippen LogP contribution < -0.4 is 10.6 Å². The molecule has 110 valence electrons. The Kier molecular flexibility index (Phi) is 4.68. The Bertz CT molecular complexity index is 624. The molecule has 0 fully saturated rings. The van der Waals surface area contributed by atoms with E-state index in [4.69, 9.17) is 4.42 Å². The molecule has 0 aromatic carbocycles. The zero-order chi connectivity index (χ0) is 15.2. The fourth-order valence-electron chi connectivity index (χ4n) is 1.63. The molecule has 7 heteroatoms. The van der Waals surface area contributed by atoms with E-state index in [9.17, 15) is 14.7 Å². The van der Waals surface area contributed by atoms with Crippen LogP contribution in [-0.4, -0.2) is 28.4 Å². The minimum Gasteiger partial charge on any atom is -0.464 e. The molecule has 2 aromatic rings. The monoisotopic (exact) mass is 289 g/mol. The highest BCUT2D eigenvalue weighted by Crippen LogP contribution is 2.14. The number of carbonyl (C=O) groups excluding carboxylic acids is 2. The summed E-state index contributed by atoms with van der Waals surface area (Å²) in [5.41, 5.74) is 0.417. The van der Waals surface area contributed by atoms with Gasteiger partial charge in [0.05, 0.1) is 18.4 Å². The minimum absolute atomic E-state index is 0.119. The van der Waals surface area contributed by atoms with Crippen molar-refractivity contribution in [1.82, 2.24) is 10.3 Å². The average Bonchev–Trinajstić information content (AvgIpc) is 2.92. The molecule has 0 spiro atoms. The third-order valence-electron chi connectivity index (χ3n) is 2.67. The van der Waals surface area contributed by atoms with Crippen molar-refractivity contribution in [2.75, 3.05) is 11.9 Å². The van der Waals surface area contributed by atoms with E-state index in [1.54, 1.807) is 37.4 Å². The van der Waals surface area contributed by atoms with E-state index in [1.165, 1.54) is 6.20 Å². The van der Waals surface area contributed by atoms with Crippen LogP contribution in [0.3, 0.4) is 0 Å². The highest BCUT2D eigenvalue weighted by molar-refractivity contribution is 6.39. The first-order chi connectivity index (χ1) is 10.1. The number of rotatable bonds is 4. The number of amides is 2. The second kappa shape index (κ2) is 6.67. The number of aromatic nitrogens is 1. The Morgan fingerprint density at radius 2 is 2.14 bits per heavy atom. The number of nitrogens with zero attached hydrogens (tertiary/aromatic N) is 1. The number of nitrogens with one attached hydrogen (secondary N) is 2. The molecular formula is C14H15N3O4. The van der Waals surface area contributed by atoms with Crippen LogP contribution in [0.4, 0.5) is 5.69 Å². The van der Waals surface area contributed by atoms with E-state index in [1.807, 2.05) is 0 Å². The van der Waals surface area contributed by atoms with Gasteiger partial charge in [0.25, 0.3) is 0 Å². The molecule has 1 atom stereocenters. The number of aryl methyl sites for hydroxylation is 1. The predicted molar refractivity (Wildman–Crippen MR) is 74.3 cm³/mol. The van der Waals surface area contributed by atoms with Gasteiger partial charge < -0.3 is 20.2 Å². The summed E-state index contributed by atoms with van der Waals surface area (Å²) in [5, 5.41) is 14.5. The quantitative estimate of drug-likeness (QED) is 0.721. The van der Waals surface area contributed by atoms with E-state index in [0.29, 0.717) is 17.2 Å². The average molecular weight is 289 g/mol. The third-order valence-corrected chi connectivity index (χ3v) is 2.67. The van der Waals surface area contributed by atoms with Gasteiger partial charge in [0, 0.05) is 6.20 Å². The fourth-order valence-corrected chi connectivity index (χ4v) is 1.63. The lowest BCUT2D eigenvalue weighted by Gasteiger charge is -2.09. The van der Waals surface area contributed by atoms with Gasteiger partial charge in [-0.25, -0.2) is 0 Å². The van der Waals surface area contributed by atoms with Gasteiger partial charge >= 0.3 is 11.8 Å². The van der Waals surface area contributed by atoms with Crippen LogP contribution in [0.15, 0.2) is 41.1 Å². The first-order valence-corrected chi connectivity index (χ1v) is 6.30. The molecule has 2 rings (SSSR count). The summed E-state index contributed by atoms with van der Waals surface area (Å²) in [4.78, 5) is 27.0. The molecule has 0 saturated carbocycles. The summed E-state index contributed by atoms with van der Waals surface area (Å²) in [6.07, 6.45) is 1.97. The summed E-state index contributed by atoms with van der Waals surface area (Å²) in [6, 6.07) is 6.56. The largest absolute Gasteiger partial charge is 0.464 e. The van der Waals surface area contributed by atoms with Crippen LogP contribution in [0.25, 0.3) is 0 Å². The number of pyridine rings is 1. The Morgan fingerprint density at radius 3 is 2.76 bits per heavy atom. The lowest BCUT2D eigenvalue weighted by Crippen LogP contribution is -2.37. The summed E-state index contributed by atoms with van der Waals surface area (Å²) in [7, 11) is 0. The van der Waals surface area contributed by atoms with Crippen LogP contribution in [0.1, 0.15) is 17.6 Å². The first-order valence-electron chi connectivity index (χ1n) is 6.30. The molecule has 2 amide bonds. The molecule has 2 aromatic heterocycles. The number of carbonyl (C=O) groups is 2. The molecule has 3 N–H and O–H groups in total. The number of anilines is 1. The Labute approximate surface area is 121 Å². The SMILES string of the molecule is Cc1ccc(C(O)CNC(=O)C(=O)Nc2cccnc2)o1. The highest BCUT2D eigenvalue weighted by atomic mass is 16.4. The molecule has 0 saturated heterocycles. The second-order valence-corrected chi connectivity index (χ2v) is 4.37. The van der Waals surface area contributed by atoms with Gasteiger partial charge in [-0.05, 0) is 31.2 Å². The van der Waals surface area contributed by atoms with Crippen molar-refractivity contribution in [1.29, 1.82) is 0 Å². The predicted octanol–water partition coefficient (Wildman–Crippen LogP) is 0.771. The summed E-state index contributed by atoms with van der Waals surface area (Å²) >= 11 is 0. The summed E-state index contributed by atoms with van der Waals surface area (Å²) in [5.74, 6) is -0.683. The minimum atomic E-state index is -1.01. The Hall–Kier alpha value is -2.67. The smallest absolute Gasteiger partial charge is 0.313 e. The second-order valence-electron chi connectivity index (χ2n) is 4.37. The standard InChI is InChI=1S/C14H15N3O4/c1-9-4-5-12(21-9)11(18)8-16-13(19)14(20)17-10-3-2-6-15-7-10/h2-7,11,18H,8H2,1H3,(H,16,19)(H,17,20). The summed E-state index contributed by atoms with van der Waals surface area (Å²) < 4.78 is 5.22. The number of hydrogen-bond donors (Lipinski definition) is 3. The molecule has 1 unspecified atom stereocenters. The molecule has 2 heterocycles. The van der Waals surface area contributed by atoms with Crippen LogP contribution in [0.5, 0.6) is 0 Å². The number of furan rings is 1. The first kappa shape index (κ1) is 14.7. The van der Waals surface area contributed by atoms with Crippen LogP contribution in [0.2, 0.25) is 0 Å². The van der Waals surface area contributed by atoms with E-state index in [0.717, 1.165) is 0 Å². The lowest BCUT2D eigenvalue weighted by atomic mass is 10.2. The van der Waals surface area contributed by atoms with Crippen molar-refractivity contribution in [3.8, 4) is 0 Å². The molecule has 0 bridgehead atoms. The van der Waals surface area contributed by atoms with Gasteiger partial charge in [0.2, 0.25) is 0 Å². The molecule has 7 nitrogen and oxygen atoms in total. The van der Waals surface area contributed by atoms with Crippen LogP contribution in [0, 0.1) is 6.92 Å². The van der Waals surface area contributed by atoms with Gasteiger partial charge in [-0.15, -0.1) is 0 Å². The van der Waals surface area contributed by atoms with E-state index >= 15 is 0 Å². The molecule has 0 radical (unpaired) electrons. The number of aliphatic hydroxyl groups excluding tert-OH is 1. The zero-order valence-corrected chi connectivity index (χ0v) is 11.4. The van der Waals surface area contributed by atoms with Crippen molar-refractivity contribution < 1.29 is 19.1 Å². The van der Waals surface area contributed by atoms with Gasteiger partial charge in [-0.2, -0.15) is 0 Å². The summed E-state index contributed by atoms with van der Waals surface area (Å²) in [6.45, 7) is 1.63. The molecular weight excluding hydrogens is 274 g/mol. The fraction of sp³-hybridized carbons (Fsp3) is 0.214. The topological polar surface area (TPSA) is 104 Å². The number of aliphatic hydroxyl groups is 1. The lowest BCUT2D eigenvalue weighted by molar-refractivity contribution is -0.136. The maximum absolute atomic E-state index is 11.6. The zero-order valence-electron chi connectivity index (χ0n) is 11.4. The van der Waals surface area contributed by atoms with Gasteiger partial charge in [0.15, 0.2) is 0 Å². The molecule has 0 aliphatic rings. The van der Waals surface area contributed by atoms with Crippen molar-refractivity contribution in [3.05, 3.63) is 48.2 Å². The maximum Gasteiger partial charge on any atom is 0.313 e. The van der Waals surface area contributed by atoms with Crippen molar-refractivity contribution in [2.45, 2.75) is 13.0 Å². The van der Waals surface area contributed by atoms with Crippen molar-refractivity contribution in [2.24, 2.45) is 0 Å². The van der Waals surface area contributed by atoms with E-state index in [2.05, 4.69) is 15.6 Å².